The van der Waals surface area contributed by atoms with Crippen LogP contribution >= 0.6 is 0 Å². The van der Waals surface area contributed by atoms with Crippen LogP contribution < -0.4 is 4.74 Å². The zero-order valence-corrected chi connectivity index (χ0v) is 18.0. The van der Waals surface area contributed by atoms with Gasteiger partial charge < -0.3 is 9.47 Å². The van der Waals surface area contributed by atoms with Crippen molar-refractivity contribution in [1.82, 2.24) is 4.90 Å². The van der Waals surface area contributed by atoms with Crippen LogP contribution in [0.2, 0.25) is 0 Å². The molecule has 2 aliphatic rings. The molecule has 0 saturated carbocycles. The van der Waals surface area contributed by atoms with E-state index in [0.717, 1.165) is 25.5 Å². The molecule has 3 aromatic carbocycles. The van der Waals surface area contributed by atoms with Gasteiger partial charge in [-0.2, -0.15) is 0 Å². The highest BCUT2D eigenvalue weighted by atomic mass is 16.5. The molecule has 0 spiro atoms. The molecule has 0 unspecified atom stereocenters. The Morgan fingerprint density at radius 3 is 2.06 bits per heavy atom. The number of hydrogen-bond acceptors (Lipinski definition) is 3. The van der Waals surface area contributed by atoms with Gasteiger partial charge in [-0.25, -0.2) is 0 Å². The van der Waals surface area contributed by atoms with Gasteiger partial charge in [0, 0.05) is 18.4 Å². The molecule has 31 heavy (non-hydrogen) atoms. The van der Waals surface area contributed by atoms with E-state index in [9.17, 15) is 0 Å². The Morgan fingerprint density at radius 2 is 1.39 bits per heavy atom. The second-order valence-electron chi connectivity index (χ2n) is 8.67. The summed E-state index contributed by atoms with van der Waals surface area (Å²) < 4.78 is 12.4. The lowest BCUT2D eigenvalue weighted by Gasteiger charge is -2.24. The summed E-state index contributed by atoms with van der Waals surface area (Å²) in [7, 11) is 0. The Labute approximate surface area is 185 Å². The standard InChI is InChI=1S/C28H31NO2/c1-3-9-22(10-4-1)26-21-31-28(24-11-5-2-6-12-24)27(26)23-13-15-25(16-14-23)30-20-19-29-17-7-8-18-29/h1-6,9-16,26-28H,7-8,17-21H2/t26-,27+,28-/m1/s1. The maximum Gasteiger partial charge on any atom is 0.119 e. The Morgan fingerprint density at radius 1 is 0.742 bits per heavy atom. The summed E-state index contributed by atoms with van der Waals surface area (Å²) in [5.74, 6) is 1.58. The van der Waals surface area contributed by atoms with Crippen molar-refractivity contribution in [3.05, 3.63) is 102 Å². The van der Waals surface area contributed by atoms with Gasteiger partial charge in [-0.15, -0.1) is 0 Å². The molecule has 3 nitrogen and oxygen atoms in total. The minimum Gasteiger partial charge on any atom is -0.492 e. The first-order valence-electron chi connectivity index (χ1n) is 11.5. The molecule has 160 valence electrons. The molecule has 2 aliphatic heterocycles. The van der Waals surface area contributed by atoms with E-state index in [2.05, 4.69) is 89.8 Å². The van der Waals surface area contributed by atoms with Crippen LogP contribution in [0.4, 0.5) is 0 Å². The average molecular weight is 414 g/mol. The third kappa shape index (κ3) is 4.68. The minimum absolute atomic E-state index is 0.0633. The zero-order valence-electron chi connectivity index (χ0n) is 18.0. The van der Waals surface area contributed by atoms with Gasteiger partial charge in [0.2, 0.25) is 0 Å². The van der Waals surface area contributed by atoms with E-state index >= 15 is 0 Å². The molecule has 0 aromatic heterocycles. The second-order valence-corrected chi connectivity index (χ2v) is 8.67. The Bertz CT molecular complexity index is 888. The molecule has 0 amide bonds. The van der Waals surface area contributed by atoms with Gasteiger partial charge in [-0.05, 0) is 54.8 Å². The smallest absolute Gasteiger partial charge is 0.119 e. The summed E-state index contributed by atoms with van der Waals surface area (Å²) in [6, 6.07) is 30.1. The van der Waals surface area contributed by atoms with Gasteiger partial charge in [-0.1, -0.05) is 72.8 Å². The third-order valence-corrected chi connectivity index (χ3v) is 6.71. The summed E-state index contributed by atoms with van der Waals surface area (Å²) >= 11 is 0. The summed E-state index contributed by atoms with van der Waals surface area (Å²) in [5.41, 5.74) is 3.90. The summed E-state index contributed by atoms with van der Waals surface area (Å²) in [6.07, 6.45) is 2.71. The predicted molar refractivity (Wildman–Crippen MR) is 125 cm³/mol. The lowest BCUT2D eigenvalue weighted by Crippen LogP contribution is -2.25. The first kappa shape index (κ1) is 20.3. The molecular weight excluding hydrogens is 382 g/mol. The third-order valence-electron chi connectivity index (χ3n) is 6.71. The number of likely N-dealkylation sites (tertiary alicyclic amines) is 1. The monoisotopic (exact) mass is 413 g/mol. The first-order chi connectivity index (χ1) is 15.4. The van der Waals surface area contributed by atoms with Crippen LogP contribution in [-0.4, -0.2) is 37.7 Å². The van der Waals surface area contributed by atoms with Crippen LogP contribution in [0.15, 0.2) is 84.9 Å². The zero-order chi connectivity index (χ0) is 20.9. The van der Waals surface area contributed by atoms with Crippen molar-refractivity contribution >= 4 is 0 Å². The average Bonchev–Trinajstić information content (AvgIpc) is 3.51. The van der Waals surface area contributed by atoms with Crippen molar-refractivity contribution in [2.75, 3.05) is 32.8 Å². The van der Waals surface area contributed by atoms with Gasteiger partial charge in [0.05, 0.1) is 12.7 Å². The topological polar surface area (TPSA) is 21.7 Å². The van der Waals surface area contributed by atoms with Crippen molar-refractivity contribution in [2.45, 2.75) is 30.8 Å². The van der Waals surface area contributed by atoms with E-state index < -0.39 is 0 Å². The number of rotatable bonds is 7. The van der Waals surface area contributed by atoms with Gasteiger partial charge >= 0.3 is 0 Å². The number of hydrogen-bond donors (Lipinski definition) is 0. The van der Waals surface area contributed by atoms with E-state index in [1.807, 2.05) is 0 Å². The SMILES string of the molecule is c1ccc([C@H]2CO[C@H](c3ccccc3)[C@H]2c2ccc(OCCN3CCCC3)cc2)cc1. The Hall–Kier alpha value is -2.62. The van der Waals surface area contributed by atoms with E-state index in [1.54, 1.807) is 0 Å². The molecule has 3 atom stereocenters. The molecule has 2 heterocycles. The maximum absolute atomic E-state index is 6.39. The summed E-state index contributed by atoms with van der Waals surface area (Å²) in [6.45, 7) is 4.94. The molecular formula is C28H31NO2. The van der Waals surface area contributed by atoms with Gasteiger partial charge in [-0.3, -0.25) is 4.90 Å². The fourth-order valence-electron chi connectivity index (χ4n) is 5.07. The van der Waals surface area contributed by atoms with E-state index in [-0.39, 0.29) is 12.0 Å². The highest BCUT2D eigenvalue weighted by Gasteiger charge is 2.39. The Kier molecular flexibility index (Phi) is 6.33. The number of nitrogens with zero attached hydrogens (tertiary/aromatic N) is 1. The quantitative estimate of drug-likeness (QED) is 0.489. The molecule has 5 rings (SSSR count). The van der Waals surface area contributed by atoms with Crippen molar-refractivity contribution in [3.8, 4) is 5.75 Å². The lowest BCUT2D eigenvalue weighted by atomic mass is 9.79. The molecule has 3 aromatic rings. The highest BCUT2D eigenvalue weighted by molar-refractivity contribution is 5.37. The largest absolute Gasteiger partial charge is 0.492 e. The van der Waals surface area contributed by atoms with E-state index in [4.69, 9.17) is 9.47 Å². The van der Waals surface area contributed by atoms with Crippen LogP contribution in [0.5, 0.6) is 5.75 Å². The van der Waals surface area contributed by atoms with E-state index in [0.29, 0.717) is 5.92 Å². The molecule has 0 bridgehead atoms. The normalized spacial score (nSPS) is 23.8. The van der Waals surface area contributed by atoms with Crippen LogP contribution in [0.1, 0.15) is 47.5 Å². The maximum atomic E-state index is 6.39. The van der Waals surface area contributed by atoms with Crippen molar-refractivity contribution in [1.29, 1.82) is 0 Å². The first-order valence-corrected chi connectivity index (χ1v) is 11.5. The van der Waals surface area contributed by atoms with Crippen LogP contribution in [-0.2, 0) is 4.74 Å². The van der Waals surface area contributed by atoms with Gasteiger partial charge in [0.15, 0.2) is 0 Å². The Balaban J connectivity index is 1.34. The summed E-state index contributed by atoms with van der Waals surface area (Å²) in [5, 5.41) is 0. The van der Waals surface area contributed by atoms with Crippen LogP contribution in [0.25, 0.3) is 0 Å². The molecule has 2 saturated heterocycles. The number of ether oxygens (including phenoxy) is 2. The molecule has 0 aliphatic carbocycles. The van der Waals surface area contributed by atoms with Crippen molar-refractivity contribution in [2.24, 2.45) is 0 Å². The van der Waals surface area contributed by atoms with Crippen molar-refractivity contribution in [3.63, 3.8) is 0 Å². The second kappa shape index (κ2) is 9.67. The minimum atomic E-state index is 0.0633. The lowest BCUT2D eigenvalue weighted by molar-refractivity contribution is 0.103. The molecule has 3 heteroatoms. The molecule has 0 N–H and O–H groups in total. The van der Waals surface area contributed by atoms with Gasteiger partial charge in [0.1, 0.15) is 12.4 Å². The van der Waals surface area contributed by atoms with E-state index in [1.165, 1.54) is 42.6 Å². The van der Waals surface area contributed by atoms with Crippen LogP contribution in [0, 0.1) is 0 Å². The fourth-order valence-corrected chi connectivity index (χ4v) is 5.07. The number of benzene rings is 3. The fraction of sp³-hybridized carbons (Fsp3) is 0.357. The highest BCUT2D eigenvalue weighted by Crippen LogP contribution is 2.49. The molecule has 2 fully saturated rings. The predicted octanol–water partition coefficient (Wildman–Crippen LogP) is 5.80. The van der Waals surface area contributed by atoms with Crippen molar-refractivity contribution < 1.29 is 9.47 Å². The van der Waals surface area contributed by atoms with Crippen LogP contribution in [0.3, 0.4) is 0 Å². The molecule has 0 radical (unpaired) electrons. The van der Waals surface area contributed by atoms with Gasteiger partial charge in [0.25, 0.3) is 0 Å². The summed E-state index contributed by atoms with van der Waals surface area (Å²) in [4.78, 5) is 2.49.